The summed E-state index contributed by atoms with van der Waals surface area (Å²) in [4.78, 5) is 19.1. The first-order chi connectivity index (χ1) is 9.24. The van der Waals surface area contributed by atoms with Crippen LogP contribution < -0.4 is 10.6 Å². The van der Waals surface area contributed by atoms with E-state index in [9.17, 15) is 4.79 Å². The molecular formula is C13H20N4O2. The number of hydrogen-bond acceptors (Lipinski definition) is 6. The molecule has 0 atom stereocenters. The van der Waals surface area contributed by atoms with E-state index in [0.29, 0.717) is 11.7 Å². The first-order valence-corrected chi connectivity index (χ1v) is 6.61. The summed E-state index contributed by atoms with van der Waals surface area (Å²) in [6.45, 7) is 4.42. The maximum atomic E-state index is 10.9. The van der Waals surface area contributed by atoms with Crippen molar-refractivity contribution in [1.82, 2.24) is 9.97 Å². The number of carbonyl (C=O) groups is 1. The van der Waals surface area contributed by atoms with Crippen LogP contribution in [0.1, 0.15) is 19.8 Å². The average Bonchev–Trinajstić information content (AvgIpc) is 2.44. The molecule has 1 aromatic heterocycles. The lowest BCUT2D eigenvalue weighted by Gasteiger charge is -2.22. The molecule has 1 aromatic rings. The van der Waals surface area contributed by atoms with Crippen molar-refractivity contribution in [3.05, 3.63) is 12.4 Å². The number of ether oxygens (including phenoxy) is 1. The summed E-state index contributed by atoms with van der Waals surface area (Å²) < 4.78 is 5.33. The molecule has 6 nitrogen and oxygen atoms in total. The van der Waals surface area contributed by atoms with Crippen molar-refractivity contribution in [2.45, 2.75) is 19.8 Å². The number of anilines is 2. The Morgan fingerprint density at radius 3 is 2.68 bits per heavy atom. The summed E-state index contributed by atoms with van der Waals surface area (Å²) >= 11 is 0. The minimum atomic E-state index is 0.0790. The van der Waals surface area contributed by atoms with Crippen molar-refractivity contribution >= 4 is 17.4 Å². The molecule has 1 saturated heterocycles. The van der Waals surface area contributed by atoms with Crippen LogP contribution in [0.2, 0.25) is 0 Å². The molecule has 0 spiro atoms. The van der Waals surface area contributed by atoms with E-state index in [1.165, 1.54) is 6.33 Å². The van der Waals surface area contributed by atoms with Crippen LogP contribution >= 0.6 is 0 Å². The van der Waals surface area contributed by atoms with Gasteiger partial charge >= 0.3 is 0 Å². The van der Waals surface area contributed by atoms with E-state index in [4.69, 9.17) is 4.74 Å². The zero-order valence-corrected chi connectivity index (χ0v) is 11.2. The Kier molecular flexibility index (Phi) is 5.09. The van der Waals surface area contributed by atoms with Gasteiger partial charge < -0.3 is 15.4 Å². The Hall–Kier alpha value is -1.69. The zero-order chi connectivity index (χ0) is 13.5. The van der Waals surface area contributed by atoms with Gasteiger partial charge in [0.05, 0.1) is 6.54 Å². The highest BCUT2D eigenvalue weighted by atomic mass is 16.5. The van der Waals surface area contributed by atoms with Gasteiger partial charge in [0.1, 0.15) is 23.7 Å². The number of rotatable bonds is 6. The highest BCUT2D eigenvalue weighted by Crippen LogP contribution is 2.16. The Bertz CT molecular complexity index is 419. The molecule has 2 rings (SSSR count). The molecule has 0 amide bonds. The molecule has 0 unspecified atom stereocenters. The molecule has 1 aliphatic heterocycles. The van der Waals surface area contributed by atoms with Crippen LogP contribution in [0.4, 0.5) is 11.6 Å². The topological polar surface area (TPSA) is 76.1 Å². The van der Waals surface area contributed by atoms with Gasteiger partial charge in [0.25, 0.3) is 0 Å². The third-order valence-electron chi connectivity index (χ3n) is 3.10. The van der Waals surface area contributed by atoms with Crippen LogP contribution in [0, 0.1) is 5.92 Å². The fourth-order valence-corrected chi connectivity index (χ4v) is 1.97. The molecule has 0 saturated carbocycles. The van der Waals surface area contributed by atoms with Crippen LogP contribution in [0.25, 0.3) is 0 Å². The fourth-order valence-electron chi connectivity index (χ4n) is 1.97. The van der Waals surface area contributed by atoms with Gasteiger partial charge in [-0.2, -0.15) is 0 Å². The van der Waals surface area contributed by atoms with Crippen molar-refractivity contribution in [3.8, 4) is 0 Å². The lowest BCUT2D eigenvalue weighted by molar-refractivity contribution is -0.115. The number of Topliss-reactive ketones (excluding diaryl/α,β-unsaturated/α-hetero) is 1. The minimum Gasteiger partial charge on any atom is -0.381 e. The van der Waals surface area contributed by atoms with Crippen molar-refractivity contribution < 1.29 is 9.53 Å². The zero-order valence-electron chi connectivity index (χ0n) is 11.2. The monoisotopic (exact) mass is 264 g/mol. The number of ketones is 1. The van der Waals surface area contributed by atoms with Gasteiger partial charge in [-0.05, 0) is 25.7 Å². The second kappa shape index (κ2) is 7.04. The van der Waals surface area contributed by atoms with Gasteiger partial charge in [-0.1, -0.05) is 0 Å². The van der Waals surface area contributed by atoms with Gasteiger partial charge in [0.15, 0.2) is 0 Å². The second-order valence-electron chi connectivity index (χ2n) is 4.78. The maximum Gasteiger partial charge on any atom is 0.148 e. The molecule has 1 fully saturated rings. The summed E-state index contributed by atoms with van der Waals surface area (Å²) in [6.07, 6.45) is 3.68. The molecular weight excluding hydrogens is 244 g/mol. The van der Waals surface area contributed by atoms with Crippen molar-refractivity contribution in [2.24, 2.45) is 5.92 Å². The van der Waals surface area contributed by atoms with E-state index in [2.05, 4.69) is 20.6 Å². The van der Waals surface area contributed by atoms with E-state index < -0.39 is 0 Å². The van der Waals surface area contributed by atoms with E-state index in [-0.39, 0.29) is 12.3 Å². The molecule has 104 valence electrons. The number of aromatic nitrogens is 2. The SMILES string of the molecule is CC(=O)CNc1cc(NCC2CCOCC2)ncn1. The summed E-state index contributed by atoms with van der Waals surface area (Å²) in [5, 5.41) is 6.27. The minimum absolute atomic E-state index is 0.0790. The summed E-state index contributed by atoms with van der Waals surface area (Å²) in [5.41, 5.74) is 0. The molecule has 2 N–H and O–H groups in total. The van der Waals surface area contributed by atoms with Crippen LogP contribution in [-0.4, -0.2) is 42.1 Å². The highest BCUT2D eigenvalue weighted by molar-refractivity contribution is 5.80. The van der Waals surface area contributed by atoms with E-state index in [1.54, 1.807) is 6.92 Å². The predicted octanol–water partition coefficient (Wildman–Crippen LogP) is 1.32. The van der Waals surface area contributed by atoms with Gasteiger partial charge in [-0.15, -0.1) is 0 Å². The van der Waals surface area contributed by atoms with Crippen molar-refractivity contribution in [2.75, 3.05) is 36.9 Å². The van der Waals surface area contributed by atoms with Crippen LogP contribution in [0.5, 0.6) is 0 Å². The van der Waals surface area contributed by atoms with Crippen LogP contribution in [0.15, 0.2) is 12.4 Å². The number of carbonyl (C=O) groups excluding carboxylic acids is 1. The van der Waals surface area contributed by atoms with Crippen molar-refractivity contribution in [1.29, 1.82) is 0 Å². The molecule has 0 aliphatic carbocycles. The standard InChI is InChI=1S/C13H20N4O2/c1-10(18)7-14-12-6-13(17-9-16-12)15-8-11-2-4-19-5-3-11/h6,9,11H,2-5,7-8H2,1H3,(H2,14,15,16,17). The van der Waals surface area contributed by atoms with Gasteiger partial charge in [0, 0.05) is 25.8 Å². The third-order valence-corrected chi connectivity index (χ3v) is 3.10. The quantitative estimate of drug-likeness (QED) is 0.807. The van der Waals surface area contributed by atoms with Gasteiger partial charge in [-0.3, -0.25) is 4.79 Å². The average molecular weight is 264 g/mol. The number of nitrogens with one attached hydrogen (secondary N) is 2. The Labute approximate surface area is 113 Å². The Morgan fingerprint density at radius 1 is 1.32 bits per heavy atom. The van der Waals surface area contributed by atoms with E-state index >= 15 is 0 Å². The first-order valence-electron chi connectivity index (χ1n) is 6.61. The van der Waals surface area contributed by atoms with E-state index in [1.807, 2.05) is 6.07 Å². The normalized spacial score (nSPS) is 16.1. The van der Waals surface area contributed by atoms with E-state index in [0.717, 1.165) is 38.4 Å². The highest BCUT2D eigenvalue weighted by Gasteiger charge is 2.13. The third kappa shape index (κ3) is 4.82. The van der Waals surface area contributed by atoms with Crippen LogP contribution in [0.3, 0.4) is 0 Å². The first kappa shape index (κ1) is 13.7. The molecule has 1 aliphatic rings. The predicted molar refractivity (Wildman–Crippen MR) is 73.2 cm³/mol. The smallest absolute Gasteiger partial charge is 0.148 e. The number of nitrogens with zero attached hydrogens (tertiary/aromatic N) is 2. The van der Waals surface area contributed by atoms with Crippen molar-refractivity contribution in [3.63, 3.8) is 0 Å². The van der Waals surface area contributed by atoms with Crippen LogP contribution in [-0.2, 0) is 9.53 Å². The summed E-state index contributed by atoms with van der Waals surface area (Å²) in [6, 6.07) is 1.82. The second-order valence-corrected chi connectivity index (χ2v) is 4.78. The maximum absolute atomic E-state index is 10.9. The number of hydrogen-bond donors (Lipinski definition) is 2. The molecule has 0 radical (unpaired) electrons. The van der Waals surface area contributed by atoms with Gasteiger partial charge in [-0.25, -0.2) is 9.97 Å². The fraction of sp³-hybridized carbons (Fsp3) is 0.615. The molecule has 6 heteroatoms. The molecule has 0 aromatic carbocycles. The van der Waals surface area contributed by atoms with Gasteiger partial charge in [0.2, 0.25) is 0 Å². The summed E-state index contributed by atoms with van der Waals surface area (Å²) in [7, 11) is 0. The summed E-state index contributed by atoms with van der Waals surface area (Å²) in [5.74, 6) is 2.17. The molecule has 0 bridgehead atoms. The molecule has 19 heavy (non-hydrogen) atoms. The lowest BCUT2D eigenvalue weighted by atomic mass is 10.0. The Balaban J connectivity index is 1.82. The molecule has 2 heterocycles. The Morgan fingerprint density at radius 2 is 2.00 bits per heavy atom. The largest absolute Gasteiger partial charge is 0.381 e. The lowest BCUT2D eigenvalue weighted by Crippen LogP contribution is -2.23.